The Morgan fingerprint density at radius 2 is 2.16 bits per heavy atom. The Labute approximate surface area is 114 Å². The van der Waals surface area contributed by atoms with Crippen LogP contribution in [0.1, 0.15) is 24.2 Å². The molecule has 6 heteroatoms. The molecule has 0 bridgehead atoms. The summed E-state index contributed by atoms with van der Waals surface area (Å²) in [6, 6.07) is 3.15. The minimum atomic E-state index is -4.47. The van der Waals surface area contributed by atoms with E-state index in [1.165, 1.54) is 0 Å². The second kappa shape index (κ2) is 5.73. The predicted molar refractivity (Wildman–Crippen MR) is 69.3 cm³/mol. The number of nitrogens with one attached hydrogen (secondary N) is 1. The van der Waals surface area contributed by atoms with Gasteiger partial charge in [0.1, 0.15) is 12.1 Å². The molecule has 2 rings (SSSR count). The summed E-state index contributed by atoms with van der Waals surface area (Å²) in [5.74, 6) is 0.949. The van der Waals surface area contributed by atoms with Gasteiger partial charge in [-0.2, -0.15) is 13.2 Å². The zero-order chi connectivity index (χ0) is 14.0. The number of thioether (sulfide) groups is 1. The number of aryl methyl sites for hydroxylation is 1. The zero-order valence-corrected chi connectivity index (χ0v) is 11.3. The molecule has 1 aromatic rings. The van der Waals surface area contributed by atoms with Gasteiger partial charge in [-0.1, -0.05) is 19.1 Å². The number of hydrogen-bond acceptors (Lipinski definition) is 3. The molecule has 0 amide bonds. The van der Waals surface area contributed by atoms with E-state index < -0.39 is 18.3 Å². The van der Waals surface area contributed by atoms with Gasteiger partial charge >= 0.3 is 6.18 Å². The molecule has 0 fully saturated rings. The highest BCUT2D eigenvalue weighted by molar-refractivity contribution is 7.99. The summed E-state index contributed by atoms with van der Waals surface area (Å²) in [4.78, 5) is 0.981. The summed E-state index contributed by atoms with van der Waals surface area (Å²) in [5.41, 5.74) is 1.46. The Balaban J connectivity index is 2.24. The second-order valence-corrected chi connectivity index (χ2v) is 5.62. The zero-order valence-electron chi connectivity index (χ0n) is 10.5. The van der Waals surface area contributed by atoms with Gasteiger partial charge in [0.25, 0.3) is 0 Å². The topological polar surface area (TPSA) is 32.3 Å². The molecular formula is C13H16F3NOS. The van der Waals surface area contributed by atoms with Crippen LogP contribution in [0.15, 0.2) is 23.1 Å². The highest BCUT2D eigenvalue weighted by Crippen LogP contribution is 2.36. The molecular weight excluding hydrogens is 275 g/mol. The van der Waals surface area contributed by atoms with Crippen LogP contribution in [0.2, 0.25) is 0 Å². The average Bonchev–Trinajstić information content (AvgIpc) is 2.80. The molecule has 2 atom stereocenters. The van der Waals surface area contributed by atoms with Crippen molar-refractivity contribution in [2.45, 2.75) is 36.6 Å². The largest absolute Gasteiger partial charge is 0.406 e. The van der Waals surface area contributed by atoms with E-state index in [2.05, 4.69) is 5.32 Å². The van der Waals surface area contributed by atoms with Gasteiger partial charge < -0.3 is 10.4 Å². The number of aliphatic hydroxyl groups excluding tert-OH is 1. The van der Waals surface area contributed by atoms with E-state index >= 15 is 0 Å². The van der Waals surface area contributed by atoms with Crippen LogP contribution in [0.3, 0.4) is 0 Å². The molecule has 0 saturated carbocycles. The number of alkyl halides is 3. The van der Waals surface area contributed by atoms with Crippen molar-refractivity contribution in [3.05, 3.63) is 29.3 Å². The summed E-state index contributed by atoms with van der Waals surface area (Å²) in [7, 11) is 0. The first-order valence-corrected chi connectivity index (χ1v) is 7.16. The van der Waals surface area contributed by atoms with Crippen molar-refractivity contribution in [1.82, 2.24) is 5.32 Å². The van der Waals surface area contributed by atoms with Gasteiger partial charge in [0.2, 0.25) is 0 Å². The number of rotatable bonds is 4. The number of fused-ring (bicyclic) bond motifs is 1. The molecule has 0 aromatic heterocycles. The van der Waals surface area contributed by atoms with Crippen LogP contribution >= 0.6 is 11.8 Å². The van der Waals surface area contributed by atoms with Crippen molar-refractivity contribution in [2.75, 3.05) is 12.3 Å². The monoisotopic (exact) mass is 291 g/mol. The Morgan fingerprint density at radius 3 is 2.79 bits per heavy atom. The smallest absolute Gasteiger partial charge is 0.386 e. The van der Waals surface area contributed by atoms with Crippen molar-refractivity contribution < 1.29 is 18.3 Å². The molecule has 2 nitrogen and oxygen atoms in total. The van der Waals surface area contributed by atoms with E-state index in [4.69, 9.17) is 0 Å². The minimum absolute atomic E-state index is 0.154. The lowest BCUT2D eigenvalue weighted by atomic mass is 10.00. The Kier molecular flexibility index (Phi) is 4.43. The van der Waals surface area contributed by atoms with Gasteiger partial charge in [0.05, 0.1) is 0 Å². The summed E-state index contributed by atoms with van der Waals surface area (Å²) < 4.78 is 38.7. The normalized spacial score (nSPS) is 18.2. The van der Waals surface area contributed by atoms with E-state index in [0.29, 0.717) is 5.56 Å². The van der Waals surface area contributed by atoms with E-state index in [-0.39, 0.29) is 6.54 Å². The van der Waals surface area contributed by atoms with Gasteiger partial charge in [-0.25, -0.2) is 0 Å². The number of aliphatic hydroxyl groups is 1. The lowest BCUT2D eigenvalue weighted by Gasteiger charge is -2.26. The molecule has 0 radical (unpaired) electrons. The van der Waals surface area contributed by atoms with Crippen LogP contribution in [0.5, 0.6) is 0 Å². The Morgan fingerprint density at radius 1 is 1.42 bits per heavy atom. The summed E-state index contributed by atoms with van der Waals surface area (Å²) in [6.07, 6.45) is -5.11. The fourth-order valence-corrected chi connectivity index (χ4v) is 3.30. The van der Waals surface area contributed by atoms with Crippen LogP contribution in [0, 0.1) is 0 Å². The molecule has 2 unspecified atom stereocenters. The molecule has 0 spiro atoms. The quantitative estimate of drug-likeness (QED) is 0.894. The highest BCUT2D eigenvalue weighted by atomic mass is 32.2. The van der Waals surface area contributed by atoms with Crippen molar-refractivity contribution in [1.29, 1.82) is 0 Å². The lowest BCUT2D eigenvalue weighted by Crippen LogP contribution is -2.46. The Hall–Kier alpha value is -0.720. The first-order valence-electron chi connectivity index (χ1n) is 6.17. The molecule has 1 heterocycles. The first kappa shape index (κ1) is 14.7. The van der Waals surface area contributed by atoms with Crippen LogP contribution in [0.4, 0.5) is 13.2 Å². The van der Waals surface area contributed by atoms with E-state index in [9.17, 15) is 18.3 Å². The second-order valence-electron chi connectivity index (χ2n) is 4.49. The van der Waals surface area contributed by atoms with Crippen molar-refractivity contribution in [3.63, 3.8) is 0 Å². The fraction of sp³-hybridized carbons (Fsp3) is 0.538. The molecule has 1 aromatic carbocycles. The maximum absolute atomic E-state index is 12.9. The third kappa shape index (κ3) is 3.24. The molecule has 2 N–H and O–H groups in total. The molecule has 106 valence electrons. The van der Waals surface area contributed by atoms with Gasteiger partial charge in [-0.3, -0.25) is 0 Å². The highest BCUT2D eigenvalue weighted by Gasteiger charge is 2.44. The Bertz CT molecular complexity index is 450. The third-order valence-electron chi connectivity index (χ3n) is 3.15. The van der Waals surface area contributed by atoms with Gasteiger partial charge in [0.15, 0.2) is 0 Å². The maximum Gasteiger partial charge on any atom is 0.406 e. The number of benzene rings is 1. The van der Waals surface area contributed by atoms with Gasteiger partial charge in [-0.15, -0.1) is 11.8 Å². The van der Waals surface area contributed by atoms with Gasteiger partial charge in [-0.05, 0) is 30.2 Å². The lowest BCUT2D eigenvalue weighted by molar-refractivity contribution is -0.178. The fourth-order valence-electron chi connectivity index (χ4n) is 2.19. The minimum Gasteiger partial charge on any atom is -0.386 e. The standard InChI is InChI=1S/C13H16F3NOS/c1-2-17-12(13(14,15)16)11(18)9-4-3-8-5-6-19-10(8)7-9/h3-4,7,11-12,17-18H,2,5-6H2,1H3. The summed E-state index contributed by atoms with van der Waals surface area (Å²) in [5, 5.41) is 12.3. The van der Waals surface area contributed by atoms with E-state index in [1.807, 2.05) is 6.07 Å². The van der Waals surface area contributed by atoms with E-state index in [1.54, 1.807) is 30.8 Å². The van der Waals surface area contributed by atoms with E-state index in [0.717, 1.165) is 22.6 Å². The summed E-state index contributed by atoms with van der Waals surface area (Å²) in [6.45, 7) is 1.74. The van der Waals surface area contributed by atoms with Gasteiger partial charge in [0, 0.05) is 10.6 Å². The third-order valence-corrected chi connectivity index (χ3v) is 4.25. The SMILES string of the molecule is CCNC(C(O)c1ccc2c(c1)SCC2)C(F)(F)F. The van der Waals surface area contributed by atoms with Crippen molar-refractivity contribution >= 4 is 11.8 Å². The maximum atomic E-state index is 12.9. The van der Waals surface area contributed by atoms with Crippen LogP contribution in [-0.2, 0) is 6.42 Å². The van der Waals surface area contributed by atoms with Crippen molar-refractivity contribution in [3.8, 4) is 0 Å². The molecule has 1 aliphatic heterocycles. The molecule has 0 aliphatic carbocycles. The van der Waals surface area contributed by atoms with Crippen LogP contribution in [-0.4, -0.2) is 29.6 Å². The number of likely N-dealkylation sites (N-methyl/N-ethyl adjacent to an activating group) is 1. The molecule has 0 saturated heterocycles. The molecule has 1 aliphatic rings. The predicted octanol–water partition coefficient (Wildman–Crippen LogP) is 2.91. The van der Waals surface area contributed by atoms with Crippen molar-refractivity contribution in [2.24, 2.45) is 0 Å². The first-order chi connectivity index (χ1) is 8.93. The number of hydrogen-bond donors (Lipinski definition) is 2. The summed E-state index contributed by atoms with van der Waals surface area (Å²) >= 11 is 1.62. The molecule has 19 heavy (non-hydrogen) atoms. The van der Waals surface area contributed by atoms with Crippen LogP contribution in [0.25, 0.3) is 0 Å². The van der Waals surface area contributed by atoms with Crippen LogP contribution < -0.4 is 5.32 Å². The number of halogens is 3. The average molecular weight is 291 g/mol.